The SMILES string of the molecule is O=C(O)c1cccc(CSc2n[nH]c(COc3ccc(Cl)cc3)n2)c1. The minimum atomic E-state index is -0.939. The molecule has 3 aromatic rings. The van der Waals surface area contributed by atoms with Crippen molar-refractivity contribution in [2.45, 2.75) is 17.5 Å². The van der Waals surface area contributed by atoms with Gasteiger partial charge in [-0.25, -0.2) is 9.78 Å². The van der Waals surface area contributed by atoms with Crippen LogP contribution in [0.1, 0.15) is 21.7 Å². The summed E-state index contributed by atoms with van der Waals surface area (Å²) < 4.78 is 5.60. The lowest BCUT2D eigenvalue weighted by atomic mass is 10.1. The lowest BCUT2D eigenvalue weighted by Gasteiger charge is -2.03. The lowest BCUT2D eigenvalue weighted by Crippen LogP contribution is -1.97. The first-order valence-electron chi connectivity index (χ1n) is 7.35. The van der Waals surface area contributed by atoms with Crippen LogP contribution in [0.3, 0.4) is 0 Å². The molecule has 3 rings (SSSR count). The Hall–Kier alpha value is -2.51. The molecule has 1 aromatic heterocycles. The van der Waals surface area contributed by atoms with Gasteiger partial charge in [0.2, 0.25) is 5.16 Å². The highest BCUT2D eigenvalue weighted by Crippen LogP contribution is 2.20. The Morgan fingerprint density at radius 1 is 1.24 bits per heavy atom. The van der Waals surface area contributed by atoms with Crippen LogP contribution in [-0.4, -0.2) is 26.3 Å². The summed E-state index contributed by atoms with van der Waals surface area (Å²) in [5.74, 6) is 0.944. The fourth-order valence-corrected chi connectivity index (χ4v) is 2.92. The summed E-state index contributed by atoms with van der Waals surface area (Å²) in [6, 6.07) is 13.9. The minimum absolute atomic E-state index is 0.268. The number of aromatic carboxylic acids is 1. The van der Waals surface area contributed by atoms with Crippen molar-refractivity contribution in [3.63, 3.8) is 0 Å². The number of carboxylic acid groups (broad SMARTS) is 1. The highest BCUT2D eigenvalue weighted by Gasteiger charge is 2.07. The topological polar surface area (TPSA) is 88.1 Å². The van der Waals surface area contributed by atoms with Crippen LogP contribution in [-0.2, 0) is 12.4 Å². The first kappa shape index (κ1) is 17.3. The quantitative estimate of drug-likeness (QED) is 0.606. The molecule has 0 bridgehead atoms. The number of ether oxygens (including phenoxy) is 1. The molecule has 0 aliphatic heterocycles. The number of halogens is 1. The van der Waals surface area contributed by atoms with Gasteiger partial charge >= 0.3 is 5.97 Å². The van der Waals surface area contributed by atoms with Gasteiger partial charge in [0.15, 0.2) is 5.82 Å². The summed E-state index contributed by atoms with van der Waals surface area (Å²) in [5.41, 5.74) is 1.17. The van der Waals surface area contributed by atoms with E-state index in [1.165, 1.54) is 11.8 Å². The zero-order valence-corrected chi connectivity index (χ0v) is 14.5. The number of hydrogen-bond acceptors (Lipinski definition) is 5. The third-order valence-corrected chi connectivity index (χ3v) is 4.41. The van der Waals surface area contributed by atoms with E-state index in [2.05, 4.69) is 15.2 Å². The summed E-state index contributed by atoms with van der Waals surface area (Å²) in [6.45, 7) is 0.268. The van der Waals surface area contributed by atoms with Gasteiger partial charge < -0.3 is 9.84 Å². The van der Waals surface area contributed by atoms with Gasteiger partial charge in [-0.2, -0.15) is 0 Å². The lowest BCUT2D eigenvalue weighted by molar-refractivity contribution is 0.0697. The highest BCUT2D eigenvalue weighted by atomic mass is 35.5. The molecule has 0 spiro atoms. The van der Waals surface area contributed by atoms with Crippen LogP contribution < -0.4 is 4.74 Å². The maximum atomic E-state index is 11.0. The van der Waals surface area contributed by atoms with Crippen molar-refractivity contribution in [3.05, 3.63) is 70.5 Å². The van der Waals surface area contributed by atoms with E-state index in [1.807, 2.05) is 6.07 Å². The number of rotatable bonds is 7. The largest absolute Gasteiger partial charge is 0.486 e. The number of nitrogens with zero attached hydrogens (tertiary/aromatic N) is 2. The molecular weight excluding hydrogens is 362 g/mol. The molecule has 2 aromatic carbocycles. The average molecular weight is 376 g/mol. The molecule has 0 aliphatic carbocycles. The Kier molecular flexibility index (Phi) is 5.57. The van der Waals surface area contributed by atoms with E-state index in [-0.39, 0.29) is 12.2 Å². The number of aromatic amines is 1. The maximum absolute atomic E-state index is 11.0. The summed E-state index contributed by atoms with van der Waals surface area (Å²) in [7, 11) is 0. The van der Waals surface area contributed by atoms with Crippen molar-refractivity contribution in [1.29, 1.82) is 0 Å². The van der Waals surface area contributed by atoms with Gasteiger partial charge in [-0.3, -0.25) is 5.10 Å². The predicted octanol–water partition coefficient (Wildman–Crippen LogP) is 4.03. The van der Waals surface area contributed by atoms with Crippen molar-refractivity contribution in [2.75, 3.05) is 0 Å². The smallest absolute Gasteiger partial charge is 0.335 e. The molecule has 8 heteroatoms. The maximum Gasteiger partial charge on any atom is 0.335 e. The Morgan fingerprint density at radius 3 is 2.80 bits per heavy atom. The number of carbonyl (C=O) groups is 1. The molecule has 0 saturated carbocycles. The number of aromatic nitrogens is 3. The molecule has 0 unspecified atom stereocenters. The van der Waals surface area contributed by atoms with Crippen LogP contribution in [0.15, 0.2) is 53.7 Å². The third kappa shape index (κ3) is 4.98. The molecule has 0 aliphatic rings. The van der Waals surface area contributed by atoms with Gasteiger partial charge in [0, 0.05) is 10.8 Å². The molecule has 128 valence electrons. The molecule has 0 amide bonds. The van der Waals surface area contributed by atoms with Crippen molar-refractivity contribution in [3.8, 4) is 5.75 Å². The van der Waals surface area contributed by atoms with Gasteiger partial charge in [-0.1, -0.05) is 35.5 Å². The Morgan fingerprint density at radius 2 is 2.04 bits per heavy atom. The molecule has 25 heavy (non-hydrogen) atoms. The van der Waals surface area contributed by atoms with Crippen LogP contribution in [0, 0.1) is 0 Å². The third-order valence-electron chi connectivity index (χ3n) is 3.24. The van der Waals surface area contributed by atoms with E-state index in [1.54, 1.807) is 42.5 Å². The Labute approximate surface area is 153 Å². The molecule has 0 fully saturated rings. The number of benzene rings is 2. The first-order chi connectivity index (χ1) is 12.1. The van der Waals surface area contributed by atoms with E-state index in [9.17, 15) is 4.79 Å². The van der Waals surface area contributed by atoms with E-state index in [0.717, 1.165) is 5.56 Å². The standard InChI is InChI=1S/C17H14ClN3O3S/c18-13-4-6-14(7-5-13)24-9-15-19-17(21-20-15)25-10-11-2-1-3-12(8-11)16(22)23/h1-8H,9-10H2,(H,22,23)(H,19,20,21). The summed E-state index contributed by atoms with van der Waals surface area (Å²) in [6.07, 6.45) is 0. The molecule has 0 radical (unpaired) electrons. The molecule has 6 nitrogen and oxygen atoms in total. The summed E-state index contributed by atoms with van der Waals surface area (Å²) in [5, 5.41) is 17.2. The van der Waals surface area contributed by atoms with Gasteiger partial charge in [0.05, 0.1) is 5.56 Å². The van der Waals surface area contributed by atoms with Crippen LogP contribution >= 0.6 is 23.4 Å². The van der Waals surface area contributed by atoms with Crippen molar-refractivity contribution in [2.24, 2.45) is 0 Å². The molecule has 0 saturated heterocycles. The normalized spacial score (nSPS) is 10.6. The monoisotopic (exact) mass is 375 g/mol. The van der Waals surface area contributed by atoms with Gasteiger partial charge in [0.1, 0.15) is 12.4 Å². The van der Waals surface area contributed by atoms with Crippen LogP contribution in [0.5, 0.6) is 5.75 Å². The summed E-state index contributed by atoms with van der Waals surface area (Å²) in [4.78, 5) is 15.3. The van der Waals surface area contributed by atoms with Crippen molar-refractivity contribution < 1.29 is 14.6 Å². The predicted molar refractivity (Wildman–Crippen MR) is 95.1 cm³/mol. The van der Waals surface area contributed by atoms with Crippen molar-refractivity contribution in [1.82, 2.24) is 15.2 Å². The first-order valence-corrected chi connectivity index (χ1v) is 8.71. The van der Waals surface area contributed by atoms with E-state index in [0.29, 0.717) is 27.5 Å². The highest BCUT2D eigenvalue weighted by molar-refractivity contribution is 7.98. The van der Waals surface area contributed by atoms with E-state index < -0.39 is 5.97 Å². The Bertz CT molecular complexity index is 868. The van der Waals surface area contributed by atoms with Crippen LogP contribution in [0.4, 0.5) is 0 Å². The number of nitrogens with one attached hydrogen (secondary N) is 1. The zero-order valence-electron chi connectivity index (χ0n) is 13.0. The minimum Gasteiger partial charge on any atom is -0.486 e. The fourth-order valence-electron chi connectivity index (χ4n) is 2.03. The van der Waals surface area contributed by atoms with Crippen LogP contribution in [0.25, 0.3) is 0 Å². The Balaban J connectivity index is 1.54. The molecule has 0 atom stereocenters. The molecule has 1 heterocycles. The zero-order chi connectivity index (χ0) is 17.6. The summed E-state index contributed by atoms with van der Waals surface area (Å²) >= 11 is 7.24. The van der Waals surface area contributed by atoms with E-state index >= 15 is 0 Å². The van der Waals surface area contributed by atoms with Gasteiger partial charge in [-0.15, -0.1) is 5.10 Å². The van der Waals surface area contributed by atoms with Crippen molar-refractivity contribution >= 4 is 29.3 Å². The number of carboxylic acids is 1. The fraction of sp³-hybridized carbons (Fsp3) is 0.118. The van der Waals surface area contributed by atoms with E-state index in [4.69, 9.17) is 21.4 Å². The molecular formula is C17H14ClN3O3S. The number of H-pyrrole nitrogens is 1. The van der Waals surface area contributed by atoms with Gasteiger partial charge in [0.25, 0.3) is 0 Å². The second kappa shape index (κ2) is 8.04. The van der Waals surface area contributed by atoms with Gasteiger partial charge in [-0.05, 0) is 42.0 Å². The number of hydrogen-bond donors (Lipinski definition) is 2. The second-order valence-electron chi connectivity index (χ2n) is 5.10. The number of thioether (sulfide) groups is 1. The average Bonchev–Trinajstić information content (AvgIpc) is 3.08. The second-order valence-corrected chi connectivity index (χ2v) is 6.48. The van der Waals surface area contributed by atoms with Crippen LogP contribution in [0.2, 0.25) is 5.02 Å². The molecule has 2 N–H and O–H groups in total.